The Morgan fingerprint density at radius 2 is 1.95 bits per heavy atom. The molecular formula is C16H19Cl2NO2. The van der Waals surface area contributed by atoms with E-state index in [1.54, 1.807) is 6.07 Å². The van der Waals surface area contributed by atoms with Crippen molar-refractivity contribution in [3.63, 3.8) is 0 Å². The molecule has 1 saturated heterocycles. The van der Waals surface area contributed by atoms with Gasteiger partial charge >= 0.3 is 0 Å². The number of piperidine rings is 1. The molecule has 0 bridgehead atoms. The average molecular weight is 328 g/mol. The molecule has 2 fully saturated rings. The molecule has 3 rings (SSSR count). The summed E-state index contributed by atoms with van der Waals surface area (Å²) in [6.07, 6.45) is 1.31. The van der Waals surface area contributed by atoms with E-state index in [0.717, 1.165) is 24.9 Å². The van der Waals surface area contributed by atoms with Crippen molar-refractivity contribution in [3.8, 4) is 0 Å². The highest BCUT2D eigenvalue weighted by molar-refractivity contribution is 6.34. The molecule has 114 valence electrons. The largest absolute Gasteiger partial charge is 0.391 e. The van der Waals surface area contributed by atoms with Crippen LogP contribution in [0.25, 0.3) is 0 Å². The smallest absolute Gasteiger partial charge is 0.226 e. The number of nitrogens with zero attached hydrogens (tertiary/aromatic N) is 1. The van der Waals surface area contributed by atoms with Crippen molar-refractivity contribution in [1.82, 2.24) is 4.90 Å². The Morgan fingerprint density at radius 1 is 1.29 bits per heavy atom. The maximum absolute atomic E-state index is 12.5. The third-order valence-electron chi connectivity index (χ3n) is 4.65. The molecule has 1 heterocycles. The van der Waals surface area contributed by atoms with E-state index in [2.05, 4.69) is 0 Å². The number of carbonyl (C=O) groups is 1. The van der Waals surface area contributed by atoms with Gasteiger partial charge in [-0.1, -0.05) is 30.1 Å². The van der Waals surface area contributed by atoms with E-state index in [9.17, 15) is 9.90 Å². The lowest BCUT2D eigenvalue weighted by molar-refractivity contribution is -0.136. The molecule has 0 aromatic heterocycles. The molecule has 3 nitrogen and oxygen atoms in total. The molecular weight excluding hydrogens is 309 g/mol. The SMILES string of the molecule is CC1CCN(C(=O)C2CC2c2cc(Cl)cc(Cl)c2)CC1O. The molecule has 4 atom stereocenters. The minimum absolute atomic E-state index is 0.0140. The lowest BCUT2D eigenvalue weighted by Crippen LogP contribution is -2.46. The van der Waals surface area contributed by atoms with Gasteiger partial charge in [0.05, 0.1) is 6.10 Å². The number of carbonyl (C=O) groups excluding carboxylic acids is 1. The first-order valence-corrected chi connectivity index (χ1v) is 8.14. The number of halogens is 2. The molecule has 1 aliphatic carbocycles. The number of aliphatic hydroxyl groups is 1. The van der Waals surface area contributed by atoms with E-state index in [1.165, 1.54) is 0 Å². The topological polar surface area (TPSA) is 40.5 Å². The van der Waals surface area contributed by atoms with Crippen LogP contribution in [0, 0.1) is 11.8 Å². The van der Waals surface area contributed by atoms with Gasteiger partial charge in [-0.25, -0.2) is 0 Å². The molecule has 0 spiro atoms. The van der Waals surface area contributed by atoms with Gasteiger partial charge in [0.25, 0.3) is 0 Å². The molecule has 1 aromatic rings. The molecule has 0 radical (unpaired) electrons. The van der Waals surface area contributed by atoms with Crippen LogP contribution < -0.4 is 0 Å². The van der Waals surface area contributed by atoms with Gasteiger partial charge in [-0.3, -0.25) is 4.79 Å². The molecule has 5 heteroatoms. The van der Waals surface area contributed by atoms with Gasteiger partial charge in [-0.05, 0) is 48.4 Å². The first kappa shape index (κ1) is 15.1. The fraction of sp³-hybridized carbons (Fsp3) is 0.562. The Hall–Kier alpha value is -0.770. The summed E-state index contributed by atoms with van der Waals surface area (Å²) >= 11 is 12.0. The summed E-state index contributed by atoms with van der Waals surface area (Å²) in [5, 5.41) is 11.1. The van der Waals surface area contributed by atoms with E-state index < -0.39 is 6.10 Å². The third-order valence-corrected chi connectivity index (χ3v) is 5.09. The van der Waals surface area contributed by atoms with Gasteiger partial charge in [-0.15, -0.1) is 0 Å². The van der Waals surface area contributed by atoms with E-state index in [0.29, 0.717) is 16.6 Å². The Bertz CT molecular complexity index is 543. The molecule has 1 aromatic carbocycles. The molecule has 1 amide bonds. The third kappa shape index (κ3) is 3.20. The number of hydrogen-bond donors (Lipinski definition) is 1. The van der Waals surface area contributed by atoms with E-state index in [1.807, 2.05) is 24.0 Å². The van der Waals surface area contributed by atoms with E-state index in [4.69, 9.17) is 23.2 Å². The highest BCUT2D eigenvalue weighted by Crippen LogP contribution is 2.49. The Labute approximate surface area is 134 Å². The normalized spacial score (nSPS) is 32.1. The van der Waals surface area contributed by atoms with E-state index >= 15 is 0 Å². The van der Waals surface area contributed by atoms with Gasteiger partial charge in [-0.2, -0.15) is 0 Å². The maximum atomic E-state index is 12.5. The zero-order valence-electron chi connectivity index (χ0n) is 11.9. The number of benzene rings is 1. The van der Waals surface area contributed by atoms with Crippen molar-refractivity contribution in [1.29, 1.82) is 0 Å². The summed E-state index contributed by atoms with van der Waals surface area (Å²) in [5.41, 5.74) is 1.04. The zero-order chi connectivity index (χ0) is 15.1. The number of amides is 1. The molecule has 1 saturated carbocycles. The first-order valence-electron chi connectivity index (χ1n) is 7.38. The highest BCUT2D eigenvalue weighted by atomic mass is 35.5. The van der Waals surface area contributed by atoms with Gasteiger partial charge in [0.15, 0.2) is 0 Å². The quantitative estimate of drug-likeness (QED) is 0.905. The van der Waals surface area contributed by atoms with Crippen LogP contribution in [-0.4, -0.2) is 35.1 Å². The van der Waals surface area contributed by atoms with Crippen LogP contribution >= 0.6 is 23.2 Å². The van der Waals surface area contributed by atoms with Crippen LogP contribution in [0.4, 0.5) is 0 Å². The summed E-state index contributed by atoms with van der Waals surface area (Å²) in [5.74, 6) is 0.656. The second kappa shape index (κ2) is 5.79. The minimum Gasteiger partial charge on any atom is -0.391 e. The Kier molecular flexibility index (Phi) is 4.17. The van der Waals surface area contributed by atoms with Crippen molar-refractivity contribution in [2.75, 3.05) is 13.1 Å². The molecule has 4 unspecified atom stereocenters. The first-order chi connectivity index (χ1) is 9.95. The van der Waals surface area contributed by atoms with Gasteiger partial charge < -0.3 is 10.0 Å². The van der Waals surface area contributed by atoms with Crippen molar-refractivity contribution in [2.45, 2.75) is 31.8 Å². The second-order valence-corrected chi connectivity index (χ2v) is 7.14. The standard InChI is InChI=1S/C16H19Cl2NO2/c1-9-2-3-19(8-15(9)20)16(21)14-7-13(14)10-4-11(17)6-12(18)5-10/h4-6,9,13-15,20H,2-3,7-8H2,1H3. The van der Waals surface area contributed by atoms with Crippen molar-refractivity contribution in [2.24, 2.45) is 11.8 Å². The summed E-state index contributed by atoms with van der Waals surface area (Å²) < 4.78 is 0. The maximum Gasteiger partial charge on any atom is 0.226 e. The number of aliphatic hydroxyl groups excluding tert-OH is 1. The predicted octanol–water partition coefficient (Wildman–Crippen LogP) is 3.33. The summed E-state index contributed by atoms with van der Waals surface area (Å²) in [7, 11) is 0. The number of likely N-dealkylation sites (tertiary alicyclic amines) is 1. The Balaban J connectivity index is 1.66. The van der Waals surface area contributed by atoms with Crippen LogP contribution in [0.15, 0.2) is 18.2 Å². The highest BCUT2D eigenvalue weighted by Gasteiger charge is 2.46. The summed E-state index contributed by atoms with van der Waals surface area (Å²) in [6, 6.07) is 5.48. The van der Waals surface area contributed by atoms with Gasteiger partial charge in [0.1, 0.15) is 0 Å². The van der Waals surface area contributed by atoms with E-state index in [-0.39, 0.29) is 23.7 Å². The fourth-order valence-corrected chi connectivity index (χ4v) is 3.65. The zero-order valence-corrected chi connectivity index (χ0v) is 13.4. The average Bonchev–Trinajstić information content (AvgIpc) is 3.20. The van der Waals surface area contributed by atoms with Crippen LogP contribution in [0.5, 0.6) is 0 Å². The van der Waals surface area contributed by atoms with Crippen LogP contribution in [-0.2, 0) is 4.79 Å². The summed E-state index contributed by atoms with van der Waals surface area (Å²) in [6.45, 7) is 3.23. The number of rotatable bonds is 2. The fourth-order valence-electron chi connectivity index (χ4n) is 3.11. The van der Waals surface area contributed by atoms with Crippen molar-refractivity contribution in [3.05, 3.63) is 33.8 Å². The molecule has 1 N–H and O–H groups in total. The lowest BCUT2D eigenvalue weighted by atomic mass is 9.95. The monoisotopic (exact) mass is 327 g/mol. The van der Waals surface area contributed by atoms with Crippen LogP contribution in [0.2, 0.25) is 10.0 Å². The van der Waals surface area contributed by atoms with Crippen molar-refractivity contribution >= 4 is 29.1 Å². The van der Waals surface area contributed by atoms with Gasteiger partial charge in [0.2, 0.25) is 5.91 Å². The Morgan fingerprint density at radius 3 is 2.57 bits per heavy atom. The number of hydrogen-bond acceptors (Lipinski definition) is 2. The molecule has 21 heavy (non-hydrogen) atoms. The van der Waals surface area contributed by atoms with Crippen LogP contribution in [0.3, 0.4) is 0 Å². The minimum atomic E-state index is -0.402. The van der Waals surface area contributed by atoms with Gasteiger partial charge in [0, 0.05) is 29.1 Å². The summed E-state index contributed by atoms with van der Waals surface area (Å²) in [4.78, 5) is 14.3. The number of β-amino-alcohol motifs (C(OH)–C–C–N with tert-alkyl or cyclic N) is 1. The molecule has 2 aliphatic rings. The predicted molar refractivity (Wildman–Crippen MR) is 83.7 cm³/mol. The van der Waals surface area contributed by atoms with Crippen molar-refractivity contribution < 1.29 is 9.90 Å². The lowest BCUT2D eigenvalue weighted by Gasteiger charge is -2.34. The molecule has 1 aliphatic heterocycles. The van der Waals surface area contributed by atoms with Crippen LogP contribution in [0.1, 0.15) is 31.2 Å². The second-order valence-electron chi connectivity index (χ2n) is 6.27.